The van der Waals surface area contributed by atoms with Gasteiger partial charge in [0.1, 0.15) is 12.1 Å². The van der Waals surface area contributed by atoms with E-state index >= 15 is 0 Å². The Hall–Kier alpha value is -1.43. The van der Waals surface area contributed by atoms with E-state index in [4.69, 9.17) is 12.2 Å². The van der Waals surface area contributed by atoms with Gasteiger partial charge in [-0.2, -0.15) is 0 Å². The lowest BCUT2D eigenvalue weighted by molar-refractivity contribution is 0.379. The maximum Gasteiger partial charge on any atom is 0.169 e. The van der Waals surface area contributed by atoms with Crippen molar-refractivity contribution in [3.8, 4) is 0 Å². The van der Waals surface area contributed by atoms with Gasteiger partial charge in [0.25, 0.3) is 0 Å². The Balaban J connectivity index is 1.92. The first-order valence-corrected chi connectivity index (χ1v) is 6.68. The van der Waals surface area contributed by atoms with Crippen LogP contribution in [0.1, 0.15) is 12.6 Å². The Morgan fingerprint density at radius 1 is 1.33 bits per heavy atom. The zero-order chi connectivity index (χ0) is 13.0. The average Bonchev–Trinajstić information content (AvgIpc) is 2.39. The molecule has 0 bridgehead atoms. The lowest BCUT2D eigenvalue weighted by atomic mass is 10.3. The van der Waals surface area contributed by atoms with E-state index in [0.29, 0.717) is 0 Å². The van der Waals surface area contributed by atoms with Crippen molar-refractivity contribution in [3.05, 3.63) is 18.1 Å². The van der Waals surface area contributed by atoms with Crippen molar-refractivity contribution in [2.75, 3.05) is 37.6 Å². The molecule has 0 radical (unpaired) electrons. The number of hydrogen-bond donors (Lipinski definition) is 1. The average molecular weight is 265 g/mol. The van der Waals surface area contributed by atoms with Crippen molar-refractivity contribution in [2.45, 2.75) is 13.8 Å². The fourth-order valence-electron chi connectivity index (χ4n) is 2.02. The van der Waals surface area contributed by atoms with Gasteiger partial charge in [-0.3, -0.25) is 0 Å². The van der Waals surface area contributed by atoms with Crippen LogP contribution in [0.25, 0.3) is 0 Å². The SMILES string of the molecule is CCNC(=S)N1CCN(c2cc(C)ncn2)CC1. The van der Waals surface area contributed by atoms with Crippen molar-refractivity contribution >= 4 is 23.1 Å². The topological polar surface area (TPSA) is 44.3 Å². The van der Waals surface area contributed by atoms with Crippen LogP contribution in [-0.4, -0.2) is 52.7 Å². The Kier molecular flexibility index (Phi) is 4.30. The molecule has 6 heteroatoms. The number of hydrogen-bond acceptors (Lipinski definition) is 4. The van der Waals surface area contributed by atoms with Gasteiger partial charge < -0.3 is 15.1 Å². The van der Waals surface area contributed by atoms with Gasteiger partial charge in [-0.1, -0.05) is 0 Å². The molecule has 18 heavy (non-hydrogen) atoms. The van der Waals surface area contributed by atoms with E-state index in [-0.39, 0.29) is 0 Å². The maximum absolute atomic E-state index is 5.32. The summed E-state index contributed by atoms with van der Waals surface area (Å²) in [5.41, 5.74) is 1.01. The van der Waals surface area contributed by atoms with E-state index in [1.165, 1.54) is 0 Å². The molecule has 0 aromatic carbocycles. The van der Waals surface area contributed by atoms with Gasteiger partial charge in [0.15, 0.2) is 5.11 Å². The number of nitrogens with one attached hydrogen (secondary N) is 1. The molecule has 98 valence electrons. The molecule has 1 aliphatic heterocycles. The first-order chi connectivity index (χ1) is 8.70. The molecule has 0 amide bonds. The van der Waals surface area contributed by atoms with Crippen molar-refractivity contribution in [1.82, 2.24) is 20.2 Å². The standard InChI is InChI=1S/C12H19N5S/c1-3-13-12(18)17-6-4-16(5-7-17)11-8-10(2)14-9-15-11/h8-9H,3-7H2,1-2H3,(H,13,18). The predicted octanol–water partition coefficient (Wildman–Crippen LogP) is 0.801. The van der Waals surface area contributed by atoms with Crippen LogP contribution < -0.4 is 10.2 Å². The second-order valence-corrected chi connectivity index (χ2v) is 4.71. The highest BCUT2D eigenvalue weighted by Crippen LogP contribution is 2.13. The molecule has 0 saturated carbocycles. The van der Waals surface area contributed by atoms with Crippen molar-refractivity contribution in [3.63, 3.8) is 0 Å². The number of piperazine rings is 1. The zero-order valence-electron chi connectivity index (χ0n) is 10.9. The van der Waals surface area contributed by atoms with E-state index < -0.39 is 0 Å². The van der Waals surface area contributed by atoms with Crippen LogP contribution in [0.2, 0.25) is 0 Å². The summed E-state index contributed by atoms with van der Waals surface area (Å²) in [7, 11) is 0. The number of aryl methyl sites for hydroxylation is 1. The summed E-state index contributed by atoms with van der Waals surface area (Å²) < 4.78 is 0. The van der Waals surface area contributed by atoms with Gasteiger partial charge in [-0.05, 0) is 26.1 Å². The molecule has 1 aliphatic rings. The summed E-state index contributed by atoms with van der Waals surface area (Å²) in [6.45, 7) is 8.70. The monoisotopic (exact) mass is 265 g/mol. The Morgan fingerprint density at radius 2 is 2.06 bits per heavy atom. The van der Waals surface area contributed by atoms with Gasteiger partial charge in [-0.25, -0.2) is 9.97 Å². The lowest BCUT2D eigenvalue weighted by Gasteiger charge is -2.36. The Bertz CT molecular complexity index is 415. The molecule has 0 spiro atoms. The van der Waals surface area contributed by atoms with E-state index in [1.54, 1.807) is 6.33 Å². The van der Waals surface area contributed by atoms with Crippen LogP contribution in [0.15, 0.2) is 12.4 Å². The summed E-state index contributed by atoms with van der Waals surface area (Å²) in [4.78, 5) is 12.9. The number of aromatic nitrogens is 2. The van der Waals surface area contributed by atoms with Gasteiger partial charge >= 0.3 is 0 Å². The molecule has 0 unspecified atom stereocenters. The minimum absolute atomic E-state index is 0.857. The third-order valence-electron chi connectivity index (χ3n) is 3.01. The van der Waals surface area contributed by atoms with Gasteiger partial charge in [0, 0.05) is 44.5 Å². The Morgan fingerprint density at radius 3 is 2.67 bits per heavy atom. The fraction of sp³-hybridized carbons (Fsp3) is 0.583. The van der Waals surface area contributed by atoms with Gasteiger partial charge in [0.2, 0.25) is 0 Å². The first kappa shape index (κ1) is 13.0. The van der Waals surface area contributed by atoms with E-state index in [9.17, 15) is 0 Å². The van der Waals surface area contributed by atoms with Crippen LogP contribution in [0.3, 0.4) is 0 Å². The highest BCUT2D eigenvalue weighted by atomic mass is 32.1. The molecule has 1 aromatic rings. The third-order valence-corrected chi connectivity index (χ3v) is 3.41. The number of rotatable bonds is 2. The summed E-state index contributed by atoms with van der Waals surface area (Å²) in [6.07, 6.45) is 1.63. The molecule has 0 atom stereocenters. The quantitative estimate of drug-likeness (QED) is 0.798. The molecule has 1 fully saturated rings. The summed E-state index contributed by atoms with van der Waals surface area (Å²) in [5.74, 6) is 1.01. The van der Waals surface area contributed by atoms with Gasteiger partial charge in [-0.15, -0.1) is 0 Å². The summed E-state index contributed by atoms with van der Waals surface area (Å²) >= 11 is 5.32. The van der Waals surface area contributed by atoms with E-state index in [0.717, 1.165) is 49.3 Å². The third kappa shape index (κ3) is 3.07. The molecule has 0 aliphatic carbocycles. The summed E-state index contributed by atoms with van der Waals surface area (Å²) in [5, 5.41) is 4.05. The molecule has 1 N–H and O–H groups in total. The van der Waals surface area contributed by atoms with E-state index in [1.807, 2.05) is 13.0 Å². The predicted molar refractivity (Wildman–Crippen MR) is 76.8 cm³/mol. The molecule has 5 nitrogen and oxygen atoms in total. The molecule has 2 heterocycles. The number of thiocarbonyl (C=S) groups is 1. The van der Waals surface area contributed by atoms with E-state index in [2.05, 4.69) is 32.0 Å². The highest BCUT2D eigenvalue weighted by molar-refractivity contribution is 7.80. The van der Waals surface area contributed by atoms with Gasteiger partial charge in [0.05, 0.1) is 0 Å². The zero-order valence-corrected chi connectivity index (χ0v) is 11.7. The normalized spacial score (nSPS) is 15.7. The van der Waals surface area contributed by atoms with Crippen molar-refractivity contribution in [1.29, 1.82) is 0 Å². The van der Waals surface area contributed by atoms with Crippen LogP contribution in [-0.2, 0) is 0 Å². The molecule has 2 rings (SSSR count). The second-order valence-electron chi connectivity index (χ2n) is 4.33. The largest absolute Gasteiger partial charge is 0.363 e. The molecule has 1 aromatic heterocycles. The van der Waals surface area contributed by atoms with Crippen LogP contribution in [0.5, 0.6) is 0 Å². The first-order valence-electron chi connectivity index (χ1n) is 6.27. The molecular weight excluding hydrogens is 246 g/mol. The molecular formula is C12H19N5S. The summed E-state index contributed by atoms with van der Waals surface area (Å²) in [6, 6.07) is 2.03. The fourth-order valence-corrected chi connectivity index (χ4v) is 2.34. The van der Waals surface area contributed by atoms with Crippen molar-refractivity contribution in [2.24, 2.45) is 0 Å². The minimum atomic E-state index is 0.857. The van der Waals surface area contributed by atoms with Crippen LogP contribution >= 0.6 is 12.2 Å². The molecule has 1 saturated heterocycles. The second kappa shape index (κ2) is 5.95. The highest BCUT2D eigenvalue weighted by Gasteiger charge is 2.19. The maximum atomic E-state index is 5.32. The lowest BCUT2D eigenvalue weighted by Crippen LogP contribution is -2.51. The number of anilines is 1. The van der Waals surface area contributed by atoms with Crippen LogP contribution in [0, 0.1) is 6.92 Å². The Labute approximate surface area is 113 Å². The smallest absolute Gasteiger partial charge is 0.169 e. The van der Waals surface area contributed by atoms with Crippen LogP contribution in [0.4, 0.5) is 5.82 Å². The minimum Gasteiger partial charge on any atom is -0.363 e. The number of nitrogens with zero attached hydrogens (tertiary/aromatic N) is 4. The van der Waals surface area contributed by atoms with Crippen molar-refractivity contribution < 1.29 is 0 Å².